The van der Waals surface area contributed by atoms with Gasteiger partial charge in [-0.05, 0) is 54.5 Å². The molecule has 0 radical (unpaired) electrons. The second-order valence-corrected chi connectivity index (χ2v) is 14.0. The van der Waals surface area contributed by atoms with E-state index in [2.05, 4.69) is 11.9 Å². The average Bonchev–Trinajstić information content (AvgIpc) is 3.06. The third-order valence-electron chi connectivity index (χ3n) is 6.84. The summed E-state index contributed by atoms with van der Waals surface area (Å²) in [4.78, 5) is 40.9. The van der Waals surface area contributed by atoms with E-state index in [4.69, 9.17) is 23.7 Å². The quantitative estimate of drug-likeness (QED) is 0.110. The van der Waals surface area contributed by atoms with Crippen LogP contribution >= 0.6 is 10.8 Å². The molecule has 3 aromatic carbocycles. The van der Waals surface area contributed by atoms with Crippen molar-refractivity contribution in [2.75, 3.05) is 27.9 Å². The normalized spacial score (nSPS) is 16.4. The maximum absolute atomic E-state index is 13.5. The molecule has 46 heavy (non-hydrogen) atoms. The van der Waals surface area contributed by atoms with Crippen LogP contribution in [0.15, 0.2) is 89.8 Å². The van der Waals surface area contributed by atoms with E-state index in [0.29, 0.717) is 39.4 Å². The third kappa shape index (κ3) is 7.74. The fourth-order valence-electron chi connectivity index (χ4n) is 4.65. The van der Waals surface area contributed by atoms with E-state index in [1.807, 2.05) is 0 Å². The molecular formula is C32H34N2O10S2. The van der Waals surface area contributed by atoms with Gasteiger partial charge in [0.1, 0.15) is 23.8 Å². The van der Waals surface area contributed by atoms with E-state index in [-0.39, 0.29) is 17.1 Å². The van der Waals surface area contributed by atoms with Gasteiger partial charge >= 0.3 is 5.97 Å². The van der Waals surface area contributed by atoms with Gasteiger partial charge in [0.05, 0.1) is 26.2 Å². The topological polar surface area (TPSA) is 147 Å². The number of likely N-dealkylation sites (tertiary alicyclic amines) is 1. The minimum Gasteiger partial charge on any atom is -0.493 e. The van der Waals surface area contributed by atoms with Crippen LogP contribution in [0.1, 0.15) is 12.5 Å². The van der Waals surface area contributed by atoms with Crippen LogP contribution in [0.25, 0.3) is 0 Å². The van der Waals surface area contributed by atoms with Crippen molar-refractivity contribution < 1.29 is 46.5 Å². The lowest BCUT2D eigenvalue weighted by Crippen LogP contribution is -2.73. The zero-order chi connectivity index (χ0) is 33.4. The summed E-state index contributed by atoms with van der Waals surface area (Å²) in [6.07, 6.45) is 0. The monoisotopic (exact) mass is 670 g/mol. The zero-order valence-electron chi connectivity index (χ0n) is 25.6. The van der Waals surface area contributed by atoms with Crippen molar-refractivity contribution >= 4 is 37.4 Å². The number of hydrogen-bond donors (Lipinski definition) is 1. The molecule has 0 spiro atoms. The zero-order valence-corrected chi connectivity index (χ0v) is 27.3. The highest BCUT2D eigenvalue weighted by atomic mass is 33.1. The number of carbonyl (C=O) groups excluding carboxylic acids is 3. The van der Waals surface area contributed by atoms with E-state index in [1.165, 1.54) is 40.4 Å². The molecule has 0 bridgehead atoms. The number of carbonyl (C=O) groups is 3. The molecule has 1 fully saturated rings. The first kappa shape index (κ1) is 34.2. The number of methoxy groups -OCH3 is 3. The molecule has 244 valence electrons. The summed E-state index contributed by atoms with van der Waals surface area (Å²) >= 11 is 0. The van der Waals surface area contributed by atoms with Crippen LogP contribution < -0.4 is 24.3 Å². The first-order valence-electron chi connectivity index (χ1n) is 13.9. The molecule has 14 heteroatoms. The molecule has 12 nitrogen and oxygen atoms in total. The number of nitrogens with one attached hydrogen (secondary N) is 1. The standard InChI is InChI=1S/C32H34N2O10S2/c1-20(2)28(32(37)44-18-21-16-24(40-3)29(42-5)25(17-21)41-4)34-30(36)27(33-26(35)19-43-22-12-8-6-9-13-22)31(34)45-46(38,39)23-14-10-7-11-15-23/h6-17,27-28,31H,1,18-19H2,2-5H3,(H,33,35). The molecule has 3 atom stereocenters. The molecule has 1 aliphatic rings. The smallest absolute Gasteiger partial charge is 0.333 e. The van der Waals surface area contributed by atoms with Crippen LogP contribution in [0.4, 0.5) is 0 Å². The average molecular weight is 671 g/mol. The van der Waals surface area contributed by atoms with Gasteiger partial charge in [0.25, 0.3) is 5.91 Å². The maximum Gasteiger partial charge on any atom is 0.333 e. The molecule has 2 amide bonds. The minimum atomic E-state index is -4.04. The van der Waals surface area contributed by atoms with Gasteiger partial charge in [-0.15, -0.1) is 0 Å². The minimum absolute atomic E-state index is 0.00589. The number of para-hydroxylation sites is 1. The van der Waals surface area contributed by atoms with Crippen molar-refractivity contribution in [1.29, 1.82) is 0 Å². The fourth-order valence-corrected chi connectivity index (χ4v) is 8.19. The SMILES string of the molecule is C=C(C)C(C(=O)OCc1cc(OC)c(OC)c(OC)c1)N1C(=O)C(NC(=O)COc2ccccc2)C1SS(=O)(=O)c1ccccc1. The van der Waals surface area contributed by atoms with E-state index in [0.717, 1.165) is 4.90 Å². The number of hydrogen-bond acceptors (Lipinski definition) is 11. The van der Waals surface area contributed by atoms with Gasteiger partial charge in [-0.25, -0.2) is 13.2 Å². The summed E-state index contributed by atoms with van der Waals surface area (Å²) < 4.78 is 53.9. The molecule has 3 aromatic rings. The van der Waals surface area contributed by atoms with E-state index >= 15 is 0 Å². The van der Waals surface area contributed by atoms with Crippen LogP contribution in [0.3, 0.4) is 0 Å². The molecule has 1 saturated heterocycles. The maximum atomic E-state index is 13.5. The number of benzene rings is 3. The lowest BCUT2D eigenvalue weighted by atomic mass is 9.99. The van der Waals surface area contributed by atoms with Crippen molar-refractivity contribution in [3.05, 3.63) is 90.5 Å². The van der Waals surface area contributed by atoms with Crippen LogP contribution in [-0.4, -0.2) is 76.5 Å². The second kappa shape index (κ2) is 15.1. The first-order chi connectivity index (χ1) is 22.0. The number of amides is 2. The molecule has 0 aliphatic carbocycles. The predicted molar refractivity (Wildman–Crippen MR) is 170 cm³/mol. The van der Waals surface area contributed by atoms with Gasteiger partial charge in [0.15, 0.2) is 24.1 Å². The number of β-lactam (4-membered cyclic amide) rings is 1. The van der Waals surface area contributed by atoms with Crippen LogP contribution in [-0.2, 0) is 34.6 Å². The molecule has 1 heterocycles. The summed E-state index contributed by atoms with van der Waals surface area (Å²) in [5.41, 5.74) is 0.725. The summed E-state index contributed by atoms with van der Waals surface area (Å²) in [5.74, 6) is -0.705. The third-order valence-corrected chi connectivity index (χ3v) is 10.6. The van der Waals surface area contributed by atoms with Crippen molar-refractivity contribution in [3.63, 3.8) is 0 Å². The summed E-state index contributed by atoms with van der Waals surface area (Å²) in [7, 11) is 0.747. The van der Waals surface area contributed by atoms with E-state index < -0.39 is 50.7 Å². The molecular weight excluding hydrogens is 636 g/mol. The highest BCUT2D eigenvalue weighted by Gasteiger charge is 2.55. The lowest BCUT2D eigenvalue weighted by Gasteiger charge is -2.49. The molecule has 4 rings (SSSR count). The Hall–Kier alpha value is -4.69. The number of nitrogens with zero attached hydrogens (tertiary/aromatic N) is 1. The molecule has 1 aliphatic heterocycles. The van der Waals surface area contributed by atoms with Gasteiger partial charge in [-0.1, -0.05) is 43.0 Å². The number of ether oxygens (including phenoxy) is 5. The van der Waals surface area contributed by atoms with Gasteiger partial charge in [0, 0.05) is 10.8 Å². The van der Waals surface area contributed by atoms with Crippen molar-refractivity contribution in [2.24, 2.45) is 0 Å². The summed E-state index contributed by atoms with van der Waals surface area (Å²) in [6.45, 7) is 4.73. The van der Waals surface area contributed by atoms with Gasteiger partial charge < -0.3 is 33.9 Å². The van der Waals surface area contributed by atoms with Gasteiger partial charge in [0.2, 0.25) is 20.5 Å². The molecule has 0 aromatic heterocycles. The van der Waals surface area contributed by atoms with Crippen LogP contribution in [0, 0.1) is 0 Å². The highest BCUT2D eigenvalue weighted by molar-refractivity contribution is 8.72. The van der Waals surface area contributed by atoms with Crippen molar-refractivity contribution in [1.82, 2.24) is 10.2 Å². The Bertz CT molecular complexity index is 1660. The van der Waals surface area contributed by atoms with E-state index in [9.17, 15) is 22.8 Å². The van der Waals surface area contributed by atoms with Crippen LogP contribution in [0.2, 0.25) is 0 Å². The molecule has 0 saturated carbocycles. The summed E-state index contributed by atoms with van der Waals surface area (Å²) in [6, 6.07) is 16.8. The Kier molecular flexibility index (Phi) is 11.2. The first-order valence-corrected chi connectivity index (χ1v) is 16.8. The largest absolute Gasteiger partial charge is 0.493 e. The molecule has 3 unspecified atom stereocenters. The number of rotatable bonds is 15. The predicted octanol–water partition coefficient (Wildman–Crippen LogP) is 3.55. The van der Waals surface area contributed by atoms with Crippen molar-refractivity contribution in [3.8, 4) is 23.0 Å². The second-order valence-electron chi connectivity index (χ2n) is 10.0. The van der Waals surface area contributed by atoms with Gasteiger partial charge in [-0.2, -0.15) is 0 Å². The number of esters is 1. The Morgan fingerprint density at radius 1 is 0.957 bits per heavy atom. The Labute approximate surface area is 270 Å². The van der Waals surface area contributed by atoms with Crippen molar-refractivity contribution in [2.45, 2.75) is 35.9 Å². The Morgan fingerprint density at radius 2 is 1.54 bits per heavy atom. The van der Waals surface area contributed by atoms with Crippen LogP contribution in [0.5, 0.6) is 23.0 Å². The van der Waals surface area contributed by atoms with Gasteiger partial charge in [-0.3, -0.25) is 9.59 Å². The Balaban J connectivity index is 1.56. The fraction of sp³-hybridized carbons (Fsp3) is 0.281. The summed E-state index contributed by atoms with van der Waals surface area (Å²) in [5, 5.41) is 1.36. The molecule has 1 N–H and O–H groups in total. The Morgan fingerprint density at radius 3 is 2.09 bits per heavy atom. The van der Waals surface area contributed by atoms with E-state index in [1.54, 1.807) is 60.7 Å². The highest BCUT2D eigenvalue weighted by Crippen LogP contribution is 2.41. The lowest BCUT2D eigenvalue weighted by molar-refractivity contribution is -0.163.